The van der Waals surface area contributed by atoms with Crippen molar-refractivity contribution in [1.29, 1.82) is 0 Å². The average molecular weight is 334 g/mol. The third-order valence-corrected chi connectivity index (χ3v) is 3.90. The van der Waals surface area contributed by atoms with Crippen LogP contribution in [0.1, 0.15) is 28.8 Å². The molecule has 1 aromatic carbocycles. The molecule has 0 bridgehead atoms. The van der Waals surface area contributed by atoms with Crippen molar-refractivity contribution in [2.24, 2.45) is 0 Å². The molecule has 80 valence electrons. The molecule has 0 aliphatic heterocycles. The summed E-state index contributed by atoms with van der Waals surface area (Å²) in [5, 5.41) is 0. The van der Waals surface area contributed by atoms with Crippen molar-refractivity contribution >= 4 is 37.6 Å². The second-order valence-electron chi connectivity index (χ2n) is 3.50. The van der Waals surface area contributed by atoms with E-state index in [1.54, 1.807) is 7.11 Å². The number of halogens is 2. The summed E-state index contributed by atoms with van der Waals surface area (Å²) in [5.74, 6) is 0.841. The summed E-state index contributed by atoms with van der Waals surface area (Å²) >= 11 is 6.89. The Labute approximate surface area is 105 Å². The predicted molar refractivity (Wildman–Crippen MR) is 65.7 cm³/mol. The van der Waals surface area contributed by atoms with Gasteiger partial charge in [0.2, 0.25) is 0 Å². The van der Waals surface area contributed by atoms with Crippen LogP contribution in [-0.2, 0) is 6.42 Å². The quantitative estimate of drug-likeness (QED) is 0.782. The minimum Gasteiger partial charge on any atom is -0.495 e. The van der Waals surface area contributed by atoms with Gasteiger partial charge in [-0.2, -0.15) is 0 Å². The Hall–Kier alpha value is -0.350. The highest BCUT2D eigenvalue weighted by molar-refractivity contribution is 9.11. The van der Waals surface area contributed by atoms with Crippen molar-refractivity contribution < 1.29 is 9.53 Å². The molecule has 2 rings (SSSR count). The van der Waals surface area contributed by atoms with Gasteiger partial charge in [-0.1, -0.05) is 15.9 Å². The van der Waals surface area contributed by atoms with E-state index in [4.69, 9.17) is 4.74 Å². The fourth-order valence-electron chi connectivity index (χ4n) is 1.93. The monoisotopic (exact) mass is 332 g/mol. The van der Waals surface area contributed by atoms with E-state index in [0.717, 1.165) is 32.9 Å². The minimum absolute atomic E-state index is 0.176. The first-order valence-corrected chi connectivity index (χ1v) is 6.31. The maximum Gasteiger partial charge on any atom is 0.166 e. The van der Waals surface area contributed by atoms with Crippen LogP contribution >= 0.6 is 31.9 Å². The van der Waals surface area contributed by atoms with Gasteiger partial charge in [-0.3, -0.25) is 4.79 Å². The lowest BCUT2D eigenvalue weighted by Crippen LogP contribution is -2.13. The van der Waals surface area contributed by atoms with Gasteiger partial charge in [0.05, 0.1) is 17.1 Å². The number of ether oxygens (including phenoxy) is 1. The van der Waals surface area contributed by atoms with Gasteiger partial charge in [0, 0.05) is 10.9 Å². The van der Waals surface area contributed by atoms with Gasteiger partial charge >= 0.3 is 0 Å². The summed E-state index contributed by atoms with van der Waals surface area (Å²) < 4.78 is 7.09. The molecule has 4 heteroatoms. The normalized spacial score (nSPS) is 15.0. The molecule has 0 fully saturated rings. The summed E-state index contributed by atoms with van der Waals surface area (Å²) in [6.07, 6.45) is 2.48. The van der Waals surface area contributed by atoms with Gasteiger partial charge < -0.3 is 4.74 Å². The zero-order chi connectivity index (χ0) is 11.0. The Morgan fingerprint density at radius 3 is 2.67 bits per heavy atom. The summed E-state index contributed by atoms with van der Waals surface area (Å²) in [5.41, 5.74) is 1.82. The standard InChI is InChI=1S/C11H10Br2O2/c1-15-11-8(13)5-7(12)6-3-2-4-9(14)10(6)11/h5H,2-4H2,1H3. The van der Waals surface area contributed by atoms with E-state index < -0.39 is 0 Å². The molecule has 0 N–H and O–H groups in total. The maximum absolute atomic E-state index is 11.8. The van der Waals surface area contributed by atoms with Crippen molar-refractivity contribution in [2.45, 2.75) is 19.3 Å². The second-order valence-corrected chi connectivity index (χ2v) is 5.21. The molecule has 2 nitrogen and oxygen atoms in total. The summed E-state index contributed by atoms with van der Waals surface area (Å²) in [4.78, 5) is 11.8. The van der Waals surface area contributed by atoms with Crippen molar-refractivity contribution in [2.75, 3.05) is 7.11 Å². The number of hydrogen-bond acceptors (Lipinski definition) is 2. The largest absolute Gasteiger partial charge is 0.495 e. The van der Waals surface area contributed by atoms with E-state index in [9.17, 15) is 4.79 Å². The highest BCUT2D eigenvalue weighted by atomic mass is 79.9. The fraction of sp³-hybridized carbons (Fsp3) is 0.364. The number of carbonyl (C=O) groups is 1. The average Bonchev–Trinajstić information content (AvgIpc) is 2.20. The topological polar surface area (TPSA) is 26.3 Å². The number of methoxy groups -OCH3 is 1. The second kappa shape index (κ2) is 4.26. The number of benzene rings is 1. The number of carbonyl (C=O) groups excluding carboxylic acids is 1. The van der Waals surface area contributed by atoms with Gasteiger partial charge in [0.15, 0.2) is 5.78 Å². The number of rotatable bonds is 1. The smallest absolute Gasteiger partial charge is 0.166 e. The first-order chi connectivity index (χ1) is 7.15. The molecule has 1 aromatic rings. The first kappa shape index (κ1) is 11.1. The lowest BCUT2D eigenvalue weighted by Gasteiger charge is -2.20. The molecule has 0 unspecified atom stereocenters. The molecule has 1 aliphatic rings. The number of hydrogen-bond donors (Lipinski definition) is 0. The Balaban J connectivity index is 2.72. The SMILES string of the molecule is COc1c(Br)cc(Br)c2c1C(=O)CCC2. The van der Waals surface area contributed by atoms with Gasteiger partial charge in [0.25, 0.3) is 0 Å². The zero-order valence-corrected chi connectivity index (χ0v) is 11.4. The van der Waals surface area contributed by atoms with Crippen molar-refractivity contribution in [3.8, 4) is 5.75 Å². The lowest BCUT2D eigenvalue weighted by atomic mass is 9.90. The molecule has 0 amide bonds. The highest BCUT2D eigenvalue weighted by Gasteiger charge is 2.25. The van der Waals surface area contributed by atoms with Crippen LogP contribution in [0.3, 0.4) is 0 Å². The van der Waals surface area contributed by atoms with Crippen LogP contribution in [0.4, 0.5) is 0 Å². The molecule has 0 spiro atoms. The summed E-state index contributed by atoms with van der Waals surface area (Å²) in [7, 11) is 1.59. The van der Waals surface area contributed by atoms with Crippen LogP contribution in [0, 0.1) is 0 Å². The zero-order valence-electron chi connectivity index (χ0n) is 8.27. The maximum atomic E-state index is 11.8. The van der Waals surface area contributed by atoms with Crippen LogP contribution < -0.4 is 4.74 Å². The molecule has 0 heterocycles. The molecule has 15 heavy (non-hydrogen) atoms. The Morgan fingerprint density at radius 1 is 1.27 bits per heavy atom. The first-order valence-electron chi connectivity index (χ1n) is 4.73. The Bertz CT molecular complexity index is 407. The predicted octanol–water partition coefficient (Wildman–Crippen LogP) is 3.74. The van der Waals surface area contributed by atoms with Crippen LogP contribution in [0.25, 0.3) is 0 Å². The molecule has 0 radical (unpaired) electrons. The van der Waals surface area contributed by atoms with E-state index in [-0.39, 0.29) is 5.78 Å². The van der Waals surface area contributed by atoms with Gasteiger partial charge in [-0.15, -0.1) is 0 Å². The number of Topliss-reactive ketones (excluding diaryl/α,β-unsaturated/α-hetero) is 1. The molecule has 1 aliphatic carbocycles. The summed E-state index contributed by atoms with van der Waals surface area (Å²) in [6, 6.07) is 1.94. The Kier molecular flexibility index (Phi) is 3.16. The van der Waals surface area contributed by atoms with Crippen LogP contribution in [0.15, 0.2) is 15.0 Å². The van der Waals surface area contributed by atoms with E-state index in [2.05, 4.69) is 31.9 Å². The molecule has 0 atom stereocenters. The van der Waals surface area contributed by atoms with Crippen LogP contribution in [0.2, 0.25) is 0 Å². The molecular formula is C11H10Br2O2. The van der Waals surface area contributed by atoms with Crippen LogP contribution in [0.5, 0.6) is 5.75 Å². The van der Waals surface area contributed by atoms with Crippen molar-refractivity contribution in [3.63, 3.8) is 0 Å². The van der Waals surface area contributed by atoms with Crippen LogP contribution in [-0.4, -0.2) is 12.9 Å². The molecule has 0 aromatic heterocycles. The molecular weight excluding hydrogens is 324 g/mol. The number of ketones is 1. The number of fused-ring (bicyclic) bond motifs is 1. The third-order valence-electron chi connectivity index (χ3n) is 2.60. The third kappa shape index (κ3) is 1.85. The van der Waals surface area contributed by atoms with Crippen molar-refractivity contribution in [1.82, 2.24) is 0 Å². The fourth-order valence-corrected chi connectivity index (χ4v) is 3.45. The van der Waals surface area contributed by atoms with E-state index in [1.165, 1.54) is 0 Å². The Morgan fingerprint density at radius 2 is 2.00 bits per heavy atom. The van der Waals surface area contributed by atoms with Crippen molar-refractivity contribution in [3.05, 3.63) is 26.1 Å². The lowest BCUT2D eigenvalue weighted by molar-refractivity contribution is 0.0969. The molecule has 0 saturated heterocycles. The summed E-state index contributed by atoms with van der Waals surface area (Å²) in [6.45, 7) is 0. The van der Waals surface area contributed by atoms with Gasteiger partial charge in [-0.05, 0) is 40.4 Å². The highest BCUT2D eigenvalue weighted by Crippen LogP contribution is 2.39. The van der Waals surface area contributed by atoms with E-state index in [0.29, 0.717) is 12.2 Å². The van der Waals surface area contributed by atoms with E-state index in [1.807, 2.05) is 6.07 Å². The molecule has 0 saturated carbocycles. The minimum atomic E-state index is 0.176. The van der Waals surface area contributed by atoms with Gasteiger partial charge in [0.1, 0.15) is 5.75 Å². The van der Waals surface area contributed by atoms with E-state index >= 15 is 0 Å². The van der Waals surface area contributed by atoms with Gasteiger partial charge in [-0.25, -0.2) is 0 Å².